The van der Waals surface area contributed by atoms with Crippen LogP contribution in [0.5, 0.6) is 0 Å². The Hall–Kier alpha value is -0.730. The van der Waals surface area contributed by atoms with E-state index < -0.39 is 31.0 Å². The number of hydrogen-bond acceptors (Lipinski definition) is 7. The molecule has 7 heteroatoms. The molecule has 0 aliphatic carbocycles. The smallest absolute Gasteiger partial charge is 0.119 e. The van der Waals surface area contributed by atoms with Gasteiger partial charge in [0.2, 0.25) is 0 Å². The van der Waals surface area contributed by atoms with Gasteiger partial charge in [0.25, 0.3) is 0 Å². The molecule has 0 amide bonds. The van der Waals surface area contributed by atoms with Gasteiger partial charge in [-0.2, -0.15) is 5.10 Å². The first kappa shape index (κ1) is 17.3. The van der Waals surface area contributed by atoms with Gasteiger partial charge < -0.3 is 30.5 Å². The van der Waals surface area contributed by atoms with Gasteiger partial charge in [-0.3, -0.25) is 0 Å². The van der Waals surface area contributed by atoms with Crippen LogP contribution in [0, 0.1) is 0 Å². The molecule has 0 aliphatic rings. The van der Waals surface area contributed by atoms with Crippen LogP contribution in [0.3, 0.4) is 0 Å². The third-order valence-corrected chi connectivity index (χ3v) is 2.53. The zero-order valence-corrected chi connectivity index (χ0v) is 10.8. The standard InChI is InChI=1S/C11H24N2O5/c1-3-4-5-13(2)12-6-8(15)10(17)11(18)9(16)7-14/h6,8-11,14-18H,3-5,7H2,1-2H3/t8-,9-,10-,11-/m1/s1. The fourth-order valence-electron chi connectivity index (χ4n) is 1.25. The van der Waals surface area contributed by atoms with Gasteiger partial charge >= 0.3 is 0 Å². The van der Waals surface area contributed by atoms with Crippen LogP contribution in [0.2, 0.25) is 0 Å². The maximum absolute atomic E-state index is 9.53. The Morgan fingerprint density at radius 1 is 1.17 bits per heavy atom. The van der Waals surface area contributed by atoms with Gasteiger partial charge in [-0.15, -0.1) is 0 Å². The third kappa shape index (κ3) is 6.27. The van der Waals surface area contributed by atoms with Gasteiger partial charge in [-0.05, 0) is 6.42 Å². The summed E-state index contributed by atoms with van der Waals surface area (Å²) in [6, 6.07) is 0. The van der Waals surface area contributed by atoms with Crippen molar-refractivity contribution in [3.05, 3.63) is 0 Å². The van der Waals surface area contributed by atoms with Gasteiger partial charge in [0.05, 0.1) is 12.8 Å². The fourth-order valence-corrected chi connectivity index (χ4v) is 1.25. The quantitative estimate of drug-likeness (QED) is 0.246. The molecule has 0 fully saturated rings. The molecule has 18 heavy (non-hydrogen) atoms. The summed E-state index contributed by atoms with van der Waals surface area (Å²) in [7, 11) is 1.73. The van der Waals surface area contributed by atoms with Crippen molar-refractivity contribution in [2.75, 3.05) is 20.2 Å². The summed E-state index contributed by atoms with van der Waals surface area (Å²) >= 11 is 0. The van der Waals surface area contributed by atoms with Gasteiger partial charge in [0, 0.05) is 13.6 Å². The molecule has 0 rings (SSSR count). The van der Waals surface area contributed by atoms with E-state index >= 15 is 0 Å². The molecule has 0 radical (unpaired) electrons. The van der Waals surface area contributed by atoms with Gasteiger partial charge in [0.15, 0.2) is 0 Å². The molecule has 0 heterocycles. The second kappa shape index (κ2) is 9.23. The average Bonchev–Trinajstić information content (AvgIpc) is 2.39. The van der Waals surface area contributed by atoms with Gasteiger partial charge in [-0.1, -0.05) is 13.3 Å². The summed E-state index contributed by atoms with van der Waals surface area (Å²) < 4.78 is 0. The molecule has 5 N–H and O–H groups in total. The predicted octanol–water partition coefficient (Wildman–Crippen LogP) is -1.86. The van der Waals surface area contributed by atoms with E-state index in [1.807, 2.05) is 6.92 Å². The Morgan fingerprint density at radius 2 is 1.78 bits per heavy atom. The summed E-state index contributed by atoms with van der Waals surface area (Å²) in [5.74, 6) is 0. The van der Waals surface area contributed by atoms with Crippen molar-refractivity contribution in [3.63, 3.8) is 0 Å². The molecule has 0 spiro atoms. The van der Waals surface area contributed by atoms with Crippen LogP contribution in [0.15, 0.2) is 5.10 Å². The first-order valence-electron chi connectivity index (χ1n) is 6.02. The van der Waals surface area contributed by atoms with Gasteiger partial charge in [0.1, 0.15) is 24.4 Å². The molecular formula is C11H24N2O5. The van der Waals surface area contributed by atoms with E-state index in [0.717, 1.165) is 25.6 Å². The number of nitrogens with zero attached hydrogens (tertiary/aromatic N) is 2. The van der Waals surface area contributed by atoms with E-state index in [4.69, 9.17) is 10.2 Å². The molecule has 0 aromatic heterocycles. The minimum Gasteiger partial charge on any atom is -0.394 e. The molecule has 0 saturated heterocycles. The Morgan fingerprint density at radius 3 is 2.28 bits per heavy atom. The van der Waals surface area contributed by atoms with E-state index in [1.54, 1.807) is 12.1 Å². The lowest BCUT2D eigenvalue weighted by molar-refractivity contribution is -0.100. The van der Waals surface area contributed by atoms with Crippen LogP contribution in [-0.4, -0.2) is 81.4 Å². The SMILES string of the molecule is CCCCN(C)N=C[C@@H](O)[C@@H](O)[C@H](O)[C@H](O)CO. The molecule has 0 unspecified atom stereocenters. The first-order valence-corrected chi connectivity index (χ1v) is 6.02. The van der Waals surface area contributed by atoms with Crippen molar-refractivity contribution in [1.29, 1.82) is 0 Å². The topological polar surface area (TPSA) is 117 Å². The first-order chi connectivity index (χ1) is 8.43. The molecule has 4 atom stereocenters. The predicted molar refractivity (Wildman–Crippen MR) is 67.1 cm³/mol. The number of aliphatic hydroxyl groups excluding tert-OH is 5. The number of rotatable bonds is 9. The minimum atomic E-state index is -1.63. The van der Waals surface area contributed by atoms with Crippen molar-refractivity contribution in [1.82, 2.24) is 5.01 Å². The lowest BCUT2D eigenvalue weighted by Crippen LogP contribution is -2.46. The highest BCUT2D eigenvalue weighted by atomic mass is 16.4. The Labute approximate surface area is 107 Å². The molecule has 0 bridgehead atoms. The molecule has 0 aliphatic heterocycles. The van der Waals surface area contributed by atoms with Crippen LogP contribution in [0.4, 0.5) is 0 Å². The zero-order valence-electron chi connectivity index (χ0n) is 10.8. The lowest BCUT2D eigenvalue weighted by Gasteiger charge is -2.23. The van der Waals surface area contributed by atoms with E-state index in [9.17, 15) is 15.3 Å². The normalized spacial score (nSPS) is 18.6. The maximum atomic E-state index is 9.53. The van der Waals surface area contributed by atoms with E-state index in [-0.39, 0.29) is 0 Å². The summed E-state index contributed by atoms with van der Waals surface area (Å²) in [4.78, 5) is 0. The van der Waals surface area contributed by atoms with Crippen molar-refractivity contribution in [2.24, 2.45) is 5.10 Å². The Balaban J connectivity index is 4.21. The number of aliphatic hydroxyl groups is 5. The van der Waals surface area contributed by atoms with Crippen LogP contribution in [0.25, 0.3) is 0 Å². The largest absolute Gasteiger partial charge is 0.394 e. The third-order valence-electron chi connectivity index (χ3n) is 2.53. The zero-order chi connectivity index (χ0) is 14.1. The van der Waals surface area contributed by atoms with Crippen molar-refractivity contribution in [3.8, 4) is 0 Å². The number of unbranched alkanes of at least 4 members (excludes halogenated alkanes) is 1. The van der Waals surface area contributed by atoms with Crippen LogP contribution >= 0.6 is 0 Å². The highest BCUT2D eigenvalue weighted by Gasteiger charge is 2.29. The van der Waals surface area contributed by atoms with E-state index in [0.29, 0.717) is 0 Å². The molecule has 0 saturated carbocycles. The molecule has 0 aromatic carbocycles. The van der Waals surface area contributed by atoms with Crippen molar-refractivity contribution in [2.45, 2.75) is 44.2 Å². The highest BCUT2D eigenvalue weighted by molar-refractivity contribution is 5.63. The van der Waals surface area contributed by atoms with Crippen LogP contribution in [-0.2, 0) is 0 Å². The fraction of sp³-hybridized carbons (Fsp3) is 0.909. The summed E-state index contributed by atoms with van der Waals surface area (Å²) in [5.41, 5.74) is 0. The number of hydrazone groups is 1. The summed E-state index contributed by atoms with van der Waals surface area (Å²) in [6.45, 7) is 2.07. The average molecular weight is 264 g/mol. The van der Waals surface area contributed by atoms with Gasteiger partial charge in [-0.25, -0.2) is 0 Å². The van der Waals surface area contributed by atoms with Crippen LogP contribution < -0.4 is 0 Å². The number of hydrogen-bond donors (Lipinski definition) is 5. The van der Waals surface area contributed by atoms with E-state index in [2.05, 4.69) is 5.10 Å². The minimum absolute atomic E-state index is 0.696. The Bertz CT molecular complexity index is 239. The second-order valence-electron chi connectivity index (χ2n) is 4.22. The highest BCUT2D eigenvalue weighted by Crippen LogP contribution is 2.04. The monoisotopic (exact) mass is 264 g/mol. The van der Waals surface area contributed by atoms with E-state index in [1.165, 1.54) is 0 Å². The molecule has 7 nitrogen and oxygen atoms in total. The van der Waals surface area contributed by atoms with Crippen molar-refractivity contribution < 1.29 is 25.5 Å². The second-order valence-corrected chi connectivity index (χ2v) is 4.22. The molecular weight excluding hydrogens is 240 g/mol. The molecule has 0 aromatic rings. The Kier molecular flexibility index (Phi) is 8.86. The lowest BCUT2D eigenvalue weighted by atomic mass is 10.0. The maximum Gasteiger partial charge on any atom is 0.119 e. The van der Waals surface area contributed by atoms with Crippen LogP contribution in [0.1, 0.15) is 19.8 Å². The van der Waals surface area contributed by atoms with Crippen molar-refractivity contribution >= 4 is 6.21 Å². The summed E-state index contributed by atoms with van der Waals surface area (Å²) in [5, 5.41) is 51.6. The molecule has 108 valence electrons. The summed E-state index contributed by atoms with van der Waals surface area (Å²) in [6.07, 6.45) is -3.07.